The number of carbonyl (C=O) groups excluding carboxylic acids is 1. The number of aromatic nitrogens is 5. The highest BCUT2D eigenvalue weighted by molar-refractivity contribution is 5.85. The van der Waals surface area contributed by atoms with Gasteiger partial charge >= 0.3 is 5.97 Å². The van der Waals surface area contributed by atoms with Crippen molar-refractivity contribution in [3.8, 4) is 11.4 Å². The van der Waals surface area contributed by atoms with Crippen LogP contribution in [0.4, 0.5) is 0 Å². The minimum absolute atomic E-state index is 0.0564. The Bertz CT molecular complexity index is 636. The van der Waals surface area contributed by atoms with Crippen LogP contribution in [0.25, 0.3) is 11.4 Å². The SMILES string of the molecule is CCOC(=O)c1nc(-c2cc(C)nnc2CC)n(C)n1. The summed E-state index contributed by atoms with van der Waals surface area (Å²) < 4.78 is 6.46. The molecule has 0 N–H and O–H groups in total. The first-order valence-corrected chi connectivity index (χ1v) is 6.48. The molecule has 0 aliphatic heterocycles. The van der Waals surface area contributed by atoms with Crippen LogP contribution in [0.3, 0.4) is 0 Å². The summed E-state index contributed by atoms with van der Waals surface area (Å²) in [7, 11) is 1.74. The fourth-order valence-electron chi connectivity index (χ4n) is 1.87. The van der Waals surface area contributed by atoms with Gasteiger partial charge in [-0.1, -0.05) is 6.92 Å². The van der Waals surface area contributed by atoms with E-state index in [-0.39, 0.29) is 5.82 Å². The molecule has 106 valence electrons. The maximum atomic E-state index is 11.7. The number of esters is 1. The first kappa shape index (κ1) is 14.1. The van der Waals surface area contributed by atoms with Crippen LogP contribution in [0.2, 0.25) is 0 Å². The molecule has 2 rings (SSSR count). The van der Waals surface area contributed by atoms with Crippen LogP contribution < -0.4 is 0 Å². The van der Waals surface area contributed by atoms with Crippen molar-refractivity contribution in [2.24, 2.45) is 7.05 Å². The first-order chi connectivity index (χ1) is 9.56. The van der Waals surface area contributed by atoms with Crippen LogP contribution in [-0.4, -0.2) is 37.5 Å². The van der Waals surface area contributed by atoms with E-state index in [2.05, 4.69) is 20.3 Å². The molecule has 0 atom stereocenters. The molecule has 2 aromatic heterocycles. The molecule has 0 saturated carbocycles. The van der Waals surface area contributed by atoms with Gasteiger partial charge in [-0.05, 0) is 26.3 Å². The van der Waals surface area contributed by atoms with Crippen LogP contribution in [0, 0.1) is 6.92 Å². The van der Waals surface area contributed by atoms with Crippen LogP contribution in [-0.2, 0) is 18.2 Å². The van der Waals surface area contributed by atoms with E-state index in [0.717, 1.165) is 23.4 Å². The molecule has 0 aliphatic rings. The molecule has 0 amide bonds. The second kappa shape index (κ2) is 5.77. The zero-order chi connectivity index (χ0) is 14.7. The predicted molar refractivity (Wildman–Crippen MR) is 72.1 cm³/mol. The average molecular weight is 275 g/mol. The number of hydrogen-bond acceptors (Lipinski definition) is 6. The van der Waals surface area contributed by atoms with Crippen LogP contribution in [0.1, 0.15) is 35.9 Å². The Morgan fingerprint density at radius 2 is 2.10 bits per heavy atom. The molecule has 2 heterocycles. The fraction of sp³-hybridized carbons (Fsp3) is 0.462. The lowest BCUT2D eigenvalue weighted by Crippen LogP contribution is -2.07. The molecular weight excluding hydrogens is 258 g/mol. The fourth-order valence-corrected chi connectivity index (χ4v) is 1.87. The van der Waals surface area contributed by atoms with Gasteiger partial charge in [-0.25, -0.2) is 14.5 Å². The molecule has 7 nitrogen and oxygen atoms in total. The van der Waals surface area contributed by atoms with E-state index in [0.29, 0.717) is 12.4 Å². The zero-order valence-electron chi connectivity index (χ0n) is 12.0. The lowest BCUT2D eigenvalue weighted by Gasteiger charge is -2.05. The number of ether oxygens (including phenoxy) is 1. The molecule has 7 heteroatoms. The maximum Gasteiger partial charge on any atom is 0.378 e. The number of hydrogen-bond donors (Lipinski definition) is 0. The largest absolute Gasteiger partial charge is 0.460 e. The van der Waals surface area contributed by atoms with E-state index in [1.807, 2.05) is 19.9 Å². The molecule has 0 bridgehead atoms. The summed E-state index contributed by atoms with van der Waals surface area (Å²) in [6.45, 7) is 5.89. The van der Waals surface area contributed by atoms with Crippen molar-refractivity contribution in [1.82, 2.24) is 25.0 Å². The predicted octanol–water partition coefficient (Wildman–Crippen LogP) is 1.32. The molecule has 20 heavy (non-hydrogen) atoms. The topological polar surface area (TPSA) is 82.8 Å². The standard InChI is InChI=1S/C13H17N5O2/c1-5-10-9(7-8(3)15-16-10)12-14-11(17-18(12)4)13(19)20-6-2/h7H,5-6H2,1-4H3. The third-order valence-electron chi connectivity index (χ3n) is 2.79. The van der Waals surface area contributed by atoms with E-state index in [9.17, 15) is 4.79 Å². The van der Waals surface area contributed by atoms with Gasteiger partial charge in [0.25, 0.3) is 5.82 Å². The lowest BCUT2D eigenvalue weighted by atomic mass is 10.1. The number of aryl methyl sites for hydroxylation is 3. The van der Waals surface area contributed by atoms with Gasteiger partial charge in [-0.3, -0.25) is 0 Å². The van der Waals surface area contributed by atoms with Gasteiger partial charge in [0.1, 0.15) is 0 Å². The minimum atomic E-state index is -0.522. The number of nitrogens with zero attached hydrogens (tertiary/aromatic N) is 5. The molecule has 2 aromatic rings. The Hall–Kier alpha value is -2.31. The summed E-state index contributed by atoms with van der Waals surface area (Å²) in [6, 6.07) is 1.89. The zero-order valence-corrected chi connectivity index (χ0v) is 12.0. The number of carbonyl (C=O) groups is 1. The van der Waals surface area contributed by atoms with Gasteiger partial charge in [-0.15, -0.1) is 5.10 Å². The molecule has 0 fully saturated rings. The summed E-state index contributed by atoms with van der Waals surface area (Å²) in [4.78, 5) is 15.9. The summed E-state index contributed by atoms with van der Waals surface area (Å²) in [6.07, 6.45) is 0.726. The van der Waals surface area contributed by atoms with E-state index < -0.39 is 5.97 Å². The molecule has 0 radical (unpaired) electrons. The highest BCUT2D eigenvalue weighted by atomic mass is 16.5. The van der Waals surface area contributed by atoms with E-state index >= 15 is 0 Å². The van der Waals surface area contributed by atoms with Crippen molar-refractivity contribution >= 4 is 5.97 Å². The Balaban J connectivity index is 2.48. The molecule has 0 spiro atoms. The highest BCUT2D eigenvalue weighted by Gasteiger charge is 2.19. The van der Waals surface area contributed by atoms with Gasteiger partial charge in [0.15, 0.2) is 5.82 Å². The van der Waals surface area contributed by atoms with Gasteiger partial charge < -0.3 is 4.74 Å². The molecular formula is C13H17N5O2. The Kier molecular flexibility index (Phi) is 4.07. The van der Waals surface area contributed by atoms with Crippen molar-refractivity contribution in [1.29, 1.82) is 0 Å². The maximum absolute atomic E-state index is 11.7. The monoisotopic (exact) mass is 275 g/mol. The van der Waals surface area contributed by atoms with Gasteiger partial charge in [0, 0.05) is 12.6 Å². The quantitative estimate of drug-likeness (QED) is 0.783. The van der Waals surface area contributed by atoms with E-state index in [1.165, 1.54) is 0 Å². The summed E-state index contributed by atoms with van der Waals surface area (Å²) in [5.74, 6) is 0.120. The molecule has 0 aromatic carbocycles. The van der Waals surface area contributed by atoms with Gasteiger partial charge in [0.2, 0.25) is 0 Å². The van der Waals surface area contributed by atoms with Gasteiger partial charge in [-0.2, -0.15) is 10.2 Å². The van der Waals surface area contributed by atoms with E-state index in [4.69, 9.17) is 4.74 Å². The smallest absolute Gasteiger partial charge is 0.378 e. The summed E-state index contributed by atoms with van der Waals surface area (Å²) >= 11 is 0. The van der Waals surface area contributed by atoms with E-state index in [1.54, 1.807) is 18.7 Å². The Morgan fingerprint density at radius 3 is 2.75 bits per heavy atom. The van der Waals surface area contributed by atoms with Crippen LogP contribution >= 0.6 is 0 Å². The average Bonchev–Trinajstić information content (AvgIpc) is 2.81. The molecule has 0 unspecified atom stereocenters. The minimum Gasteiger partial charge on any atom is -0.460 e. The molecule has 0 aliphatic carbocycles. The van der Waals surface area contributed by atoms with Crippen molar-refractivity contribution < 1.29 is 9.53 Å². The number of rotatable bonds is 4. The van der Waals surface area contributed by atoms with Crippen LogP contribution in [0.5, 0.6) is 0 Å². The lowest BCUT2D eigenvalue weighted by molar-refractivity contribution is 0.0512. The Morgan fingerprint density at radius 1 is 1.35 bits per heavy atom. The first-order valence-electron chi connectivity index (χ1n) is 6.48. The molecule has 0 saturated heterocycles. The van der Waals surface area contributed by atoms with Gasteiger partial charge in [0.05, 0.1) is 18.0 Å². The second-order valence-electron chi connectivity index (χ2n) is 4.30. The normalized spacial score (nSPS) is 10.6. The van der Waals surface area contributed by atoms with Crippen LogP contribution in [0.15, 0.2) is 6.07 Å². The Labute approximate surface area is 117 Å². The second-order valence-corrected chi connectivity index (χ2v) is 4.30. The van der Waals surface area contributed by atoms with Crippen molar-refractivity contribution in [3.05, 3.63) is 23.3 Å². The van der Waals surface area contributed by atoms with Crippen molar-refractivity contribution in [2.45, 2.75) is 27.2 Å². The highest BCUT2D eigenvalue weighted by Crippen LogP contribution is 2.21. The third-order valence-corrected chi connectivity index (χ3v) is 2.79. The van der Waals surface area contributed by atoms with Crippen molar-refractivity contribution in [3.63, 3.8) is 0 Å². The summed E-state index contributed by atoms with van der Waals surface area (Å²) in [5, 5.41) is 12.3. The van der Waals surface area contributed by atoms with Crippen molar-refractivity contribution in [2.75, 3.05) is 6.61 Å². The third kappa shape index (κ3) is 2.66. The summed E-state index contributed by atoms with van der Waals surface area (Å²) in [5.41, 5.74) is 2.45.